The van der Waals surface area contributed by atoms with Gasteiger partial charge in [0.25, 0.3) is 5.56 Å². The van der Waals surface area contributed by atoms with E-state index < -0.39 is 0 Å². The van der Waals surface area contributed by atoms with Gasteiger partial charge in [-0.15, -0.1) is 11.3 Å². The van der Waals surface area contributed by atoms with E-state index >= 15 is 0 Å². The molecule has 3 rings (SSSR count). The van der Waals surface area contributed by atoms with E-state index in [9.17, 15) is 9.59 Å². The number of fused-ring (bicyclic) bond motifs is 1. The number of rotatable bonds is 8. The van der Waals surface area contributed by atoms with E-state index in [1.165, 1.54) is 23.1 Å². The van der Waals surface area contributed by atoms with Gasteiger partial charge in [0.15, 0.2) is 5.16 Å². The summed E-state index contributed by atoms with van der Waals surface area (Å²) < 4.78 is 2.40. The molecule has 7 heteroatoms. The van der Waals surface area contributed by atoms with Gasteiger partial charge in [0, 0.05) is 12.2 Å². The van der Waals surface area contributed by atoms with Crippen LogP contribution in [0.2, 0.25) is 0 Å². The smallest absolute Gasteiger partial charge is 0.272 e. The fourth-order valence-electron chi connectivity index (χ4n) is 3.05. The summed E-state index contributed by atoms with van der Waals surface area (Å²) in [5.74, 6) is 0.909. The number of nitrogens with zero attached hydrogens (tertiary/aromatic N) is 2. The van der Waals surface area contributed by atoms with Crippen molar-refractivity contribution in [1.82, 2.24) is 9.55 Å². The molecule has 0 bridgehead atoms. The molecule has 1 N–H and O–H groups in total. The molecular weight excluding hydrogens is 402 g/mol. The van der Waals surface area contributed by atoms with E-state index in [0.29, 0.717) is 33.8 Å². The average Bonchev–Trinajstić information content (AvgIpc) is 3.14. The number of amides is 1. The normalized spacial score (nSPS) is 11.5. The van der Waals surface area contributed by atoms with Gasteiger partial charge in [0.2, 0.25) is 5.91 Å². The Bertz CT molecular complexity index is 1050. The van der Waals surface area contributed by atoms with Crippen LogP contribution in [0.4, 0.5) is 5.69 Å². The molecule has 29 heavy (non-hydrogen) atoms. The molecule has 0 fully saturated rings. The predicted octanol–water partition coefficient (Wildman–Crippen LogP) is 5.36. The fraction of sp³-hybridized carbons (Fsp3) is 0.409. The zero-order valence-corrected chi connectivity index (χ0v) is 18.9. The zero-order chi connectivity index (χ0) is 21.0. The van der Waals surface area contributed by atoms with E-state index in [1.54, 1.807) is 4.57 Å². The summed E-state index contributed by atoms with van der Waals surface area (Å²) in [6, 6.07) is 9.71. The highest BCUT2D eigenvalue weighted by Crippen LogP contribution is 2.25. The van der Waals surface area contributed by atoms with Gasteiger partial charge in [-0.25, -0.2) is 4.98 Å². The predicted molar refractivity (Wildman–Crippen MR) is 123 cm³/mol. The van der Waals surface area contributed by atoms with Gasteiger partial charge >= 0.3 is 0 Å². The SMILES string of the molecule is CC(C)CCn1c(SCC(=O)Nc2ccccc2C(C)C)nc2ccsc2c1=O. The van der Waals surface area contributed by atoms with Gasteiger partial charge in [0.05, 0.1) is 11.3 Å². The summed E-state index contributed by atoms with van der Waals surface area (Å²) in [6.45, 7) is 9.08. The van der Waals surface area contributed by atoms with Crippen LogP contribution in [0, 0.1) is 5.92 Å². The van der Waals surface area contributed by atoms with E-state index in [-0.39, 0.29) is 17.2 Å². The molecule has 0 saturated carbocycles. The number of hydrogen-bond donors (Lipinski definition) is 1. The lowest BCUT2D eigenvalue weighted by atomic mass is 10.0. The molecule has 3 aromatic rings. The van der Waals surface area contributed by atoms with Crippen molar-refractivity contribution in [2.45, 2.75) is 51.7 Å². The molecule has 0 aliphatic rings. The molecule has 2 heterocycles. The summed E-state index contributed by atoms with van der Waals surface area (Å²) in [5.41, 5.74) is 2.64. The molecule has 0 unspecified atom stereocenters. The van der Waals surface area contributed by atoms with Crippen molar-refractivity contribution in [3.63, 3.8) is 0 Å². The first-order valence-electron chi connectivity index (χ1n) is 9.86. The van der Waals surface area contributed by atoms with Crippen LogP contribution in [0.3, 0.4) is 0 Å². The second-order valence-corrected chi connectivity index (χ2v) is 9.61. The highest BCUT2D eigenvalue weighted by Gasteiger charge is 2.15. The maximum Gasteiger partial charge on any atom is 0.272 e. The number of thiophene rings is 1. The minimum absolute atomic E-state index is 0.0151. The van der Waals surface area contributed by atoms with Crippen molar-refractivity contribution in [3.05, 3.63) is 51.6 Å². The first-order valence-corrected chi connectivity index (χ1v) is 11.7. The third-order valence-corrected chi connectivity index (χ3v) is 6.52. The Morgan fingerprint density at radius 2 is 1.97 bits per heavy atom. The second kappa shape index (κ2) is 9.59. The number of benzene rings is 1. The van der Waals surface area contributed by atoms with Gasteiger partial charge in [-0.3, -0.25) is 14.2 Å². The summed E-state index contributed by atoms with van der Waals surface area (Å²) >= 11 is 2.73. The molecule has 0 spiro atoms. The molecule has 1 amide bonds. The largest absolute Gasteiger partial charge is 0.325 e. The molecular formula is C22H27N3O2S2. The first-order chi connectivity index (χ1) is 13.9. The number of nitrogens with one attached hydrogen (secondary N) is 1. The van der Waals surface area contributed by atoms with Crippen LogP contribution in [0.25, 0.3) is 10.2 Å². The number of hydrogen-bond acceptors (Lipinski definition) is 5. The lowest BCUT2D eigenvalue weighted by Crippen LogP contribution is -2.24. The lowest BCUT2D eigenvalue weighted by Gasteiger charge is -2.15. The number of anilines is 1. The fourth-order valence-corrected chi connectivity index (χ4v) is 4.65. The Morgan fingerprint density at radius 3 is 2.69 bits per heavy atom. The average molecular weight is 430 g/mol. The van der Waals surface area contributed by atoms with Crippen LogP contribution >= 0.6 is 23.1 Å². The standard InChI is InChI=1S/C22H27N3O2S2/c1-14(2)9-11-25-21(27)20-18(10-12-28-20)24-22(25)29-13-19(26)23-17-8-6-5-7-16(17)15(3)4/h5-8,10,12,14-15H,9,11,13H2,1-4H3,(H,23,26). The highest BCUT2D eigenvalue weighted by atomic mass is 32.2. The Kier molecular flexibility index (Phi) is 7.14. The van der Waals surface area contributed by atoms with E-state index in [4.69, 9.17) is 0 Å². The number of aromatic nitrogens is 2. The number of thioether (sulfide) groups is 1. The Hall–Kier alpha value is -2.12. The minimum atomic E-state index is -0.0989. The summed E-state index contributed by atoms with van der Waals surface area (Å²) in [5, 5.41) is 5.50. The lowest BCUT2D eigenvalue weighted by molar-refractivity contribution is -0.113. The van der Waals surface area contributed by atoms with Gasteiger partial charge < -0.3 is 5.32 Å². The molecule has 0 saturated heterocycles. The van der Waals surface area contributed by atoms with Gasteiger partial charge in [-0.1, -0.05) is 57.7 Å². The molecule has 0 aliphatic carbocycles. The van der Waals surface area contributed by atoms with E-state index in [0.717, 1.165) is 17.7 Å². The Labute approximate surface area is 179 Å². The van der Waals surface area contributed by atoms with Crippen molar-refractivity contribution in [2.75, 3.05) is 11.1 Å². The number of para-hydroxylation sites is 1. The number of carbonyl (C=O) groups is 1. The van der Waals surface area contributed by atoms with Crippen LogP contribution < -0.4 is 10.9 Å². The third kappa shape index (κ3) is 5.28. The minimum Gasteiger partial charge on any atom is -0.325 e. The quantitative estimate of drug-likeness (QED) is 0.387. The molecule has 154 valence electrons. The summed E-state index contributed by atoms with van der Waals surface area (Å²) in [7, 11) is 0. The monoisotopic (exact) mass is 429 g/mol. The van der Waals surface area contributed by atoms with Crippen molar-refractivity contribution in [2.24, 2.45) is 5.92 Å². The molecule has 1 aromatic carbocycles. The maximum atomic E-state index is 12.9. The van der Waals surface area contributed by atoms with E-state index in [2.05, 4.69) is 38.0 Å². The Balaban J connectivity index is 1.78. The van der Waals surface area contributed by atoms with Gasteiger partial charge in [0.1, 0.15) is 4.70 Å². The van der Waals surface area contributed by atoms with Crippen molar-refractivity contribution in [1.29, 1.82) is 0 Å². The Morgan fingerprint density at radius 1 is 1.21 bits per heavy atom. The zero-order valence-electron chi connectivity index (χ0n) is 17.3. The topological polar surface area (TPSA) is 64.0 Å². The van der Waals surface area contributed by atoms with Crippen molar-refractivity contribution >= 4 is 44.9 Å². The highest BCUT2D eigenvalue weighted by molar-refractivity contribution is 7.99. The van der Waals surface area contributed by atoms with Gasteiger partial charge in [-0.05, 0) is 41.3 Å². The van der Waals surface area contributed by atoms with Crippen LogP contribution in [0.15, 0.2) is 45.7 Å². The molecule has 0 atom stereocenters. The van der Waals surface area contributed by atoms with Crippen LogP contribution in [-0.2, 0) is 11.3 Å². The van der Waals surface area contributed by atoms with E-state index in [1.807, 2.05) is 35.7 Å². The second-order valence-electron chi connectivity index (χ2n) is 7.75. The number of carbonyl (C=O) groups excluding carboxylic acids is 1. The van der Waals surface area contributed by atoms with Crippen LogP contribution in [0.5, 0.6) is 0 Å². The third-order valence-electron chi connectivity index (χ3n) is 4.65. The molecule has 0 radical (unpaired) electrons. The van der Waals surface area contributed by atoms with Crippen molar-refractivity contribution < 1.29 is 4.79 Å². The van der Waals surface area contributed by atoms with Gasteiger partial charge in [-0.2, -0.15) is 0 Å². The molecule has 5 nitrogen and oxygen atoms in total. The summed E-state index contributed by atoms with van der Waals surface area (Å²) in [4.78, 5) is 30.1. The van der Waals surface area contributed by atoms with Crippen molar-refractivity contribution in [3.8, 4) is 0 Å². The maximum absolute atomic E-state index is 12.9. The summed E-state index contributed by atoms with van der Waals surface area (Å²) in [6.07, 6.45) is 0.889. The molecule has 0 aliphatic heterocycles. The van der Waals surface area contributed by atoms with Crippen LogP contribution in [0.1, 0.15) is 45.6 Å². The van der Waals surface area contributed by atoms with Crippen LogP contribution in [-0.4, -0.2) is 21.2 Å². The first kappa shape index (κ1) is 21.6. The molecule has 2 aromatic heterocycles.